The molecule has 0 aliphatic rings. The molecule has 0 saturated heterocycles. The van der Waals surface area contributed by atoms with Gasteiger partial charge in [0.05, 0.1) is 25.4 Å². The van der Waals surface area contributed by atoms with Crippen molar-refractivity contribution in [2.24, 2.45) is 0 Å². The fourth-order valence-corrected chi connectivity index (χ4v) is 8.02. The maximum absolute atomic E-state index is 11.2. The van der Waals surface area contributed by atoms with E-state index in [-0.39, 0.29) is 5.56 Å². The average Bonchev–Trinajstić information content (AvgIpc) is 3.31. The Morgan fingerprint density at radius 3 is 1.11 bits per heavy atom. The molecule has 0 aromatic heterocycles. The molecule has 6 nitrogen and oxygen atoms in total. The van der Waals surface area contributed by atoms with Gasteiger partial charge in [0.25, 0.3) is 0 Å². The van der Waals surface area contributed by atoms with E-state index in [4.69, 9.17) is 18.9 Å². The number of benzene rings is 3. The minimum atomic E-state index is -0.944. The van der Waals surface area contributed by atoms with Crippen LogP contribution < -0.4 is 18.9 Å². The van der Waals surface area contributed by atoms with Crippen LogP contribution in [0.5, 0.6) is 23.0 Å². The zero-order valence-corrected chi connectivity index (χ0v) is 40.8. The van der Waals surface area contributed by atoms with Crippen molar-refractivity contribution >= 4 is 5.97 Å². The number of aromatic carboxylic acids is 1. The first-order valence-corrected chi connectivity index (χ1v) is 26.2. The monoisotopic (exact) mass is 881 g/mol. The highest BCUT2D eigenvalue weighted by Crippen LogP contribution is 2.40. The predicted octanol–water partition coefficient (Wildman–Crippen LogP) is 17.3. The van der Waals surface area contributed by atoms with E-state index in [0.717, 1.165) is 59.0 Å². The highest BCUT2D eigenvalue weighted by atomic mass is 16.5. The van der Waals surface area contributed by atoms with Crippen LogP contribution in [0.25, 0.3) is 0 Å². The third-order valence-electron chi connectivity index (χ3n) is 12.1. The minimum absolute atomic E-state index is 0.249. The molecular formula is C58H88O6. The summed E-state index contributed by atoms with van der Waals surface area (Å²) < 4.78 is 26.1. The van der Waals surface area contributed by atoms with Gasteiger partial charge in [0.1, 0.15) is 12.4 Å². The molecule has 0 amide bonds. The molecule has 0 spiro atoms. The minimum Gasteiger partial charge on any atom is -0.490 e. The van der Waals surface area contributed by atoms with Gasteiger partial charge in [-0.15, -0.1) is 0 Å². The van der Waals surface area contributed by atoms with Gasteiger partial charge in [0.2, 0.25) is 5.75 Å². The number of carboxylic acid groups (broad SMARTS) is 1. The van der Waals surface area contributed by atoms with E-state index in [1.807, 2.05) is 24.3 Å². The topological polar surface area (TPSA) is 74.2 Å². The normalized spacial score (nSPS) is 11.0. The SMILES string of the molecule is CCCCCCCCCCCCOc1cc(COc2ccc(C#Cc3ccc(C(=O)O)cc3)cc2)cc(OCCCCCCCCCCCC)c1OCCCCCCCCCCCC. The van der Waals surface area contributed by atoms with Gasteiger partial charge < -0.3 is 24.1 Å². The van der Waals surface area contributed by atoms with E-state index >= 15 is 0 Å². The van der Waals surface area contributed by atoms with Crippen molar-refractivity contribution in [2.75, 3.05) is 19.8 Å². The summed E-state index contributed by atoms with van der Waals surface area (Å²) in [4.78, 5) is 11.2. The Morgan fingerprint density at radius 2 is 0.750 bits per heavy atom. The van der Waals surface area contributed by atoms with Crippen LogP contribution in [-0.4, -0.2) is 30.9 Å². The van der Waals surface area contributed by atoms with E-state index in [1.165, 1.54) is 173 Å². The van der Waals surface area contributed by atoms with Crippen LogP contribution in [0, 0.1) is 11.8 Å². The second-order valence-electron chi connectivity index (χ2n) is 18.0. The Balaban J connectivity index is 1.66. The Bertz CT molecular complexity index is 1610. The summed E-state index contributed by atoms with van der Waals surface area (Å²) in [5.41, 5.74) is 2.85. The van der Waals surface area contributed by atoms with Crippen molar-refractivity contribution in [1.29, 1.82) is 0 Å². The first-order valence-electron chi connectivity index (χ1n) is 26.2. The lowest BCUT2D eigenvalue weighted by Gasteiger charge is -2.19. The average molecular weight is 881 g/mol. The molecule has 0 heterocycles. The number of hydrogen-bond donors (Lipinski definition) is 1. The number of rotatable bonds is 40. The van der Waals surface area contributed by atoms with Crippen LogP contribution >= 0.6 is 0 Å². The van der Waals surface area contributed by atoms with Crippen molar-refractivity contribution < 1.29 is 28.8 Å². The van der Waals surface area contributed by atoms with Gasteiger partial charge in [-0.25, -0.2) is 4.79 Å². The summed E-state index contributed by atoms with van der Waals surface area (Å²) in [6.07, 6.45) is 38.6. The zero-order chi connectivity index (χ0) is 45.6. The third-order valence-corrected chi connectivity index (χ3v) is 12.1. The molecule has 6 heteroatoms. The van der Waals surface area contributed by atoms with E-state index in [0.29, 0.717) is 26.4 Å². The molecule has 3 aromatic rings. The molecule has 3 rings (SSSR count). The Morgan fingerprint density at radius 1 is 0.422 bits per heavy atom. The smallest absolute Gasteiger partial charge is 0.335 e. The molecule has 0 aliphatic carbocycles. The van der Waals surface area contributed by atoms with Gasteiger partial charge in [-0.05, 0) is 85.5 Å². The fourth-order valence-electron chi connectivity index (χ4n) is 8.02. The van der Waals surface area contributed by atoms with Crippen molar-refractivity contribution in [1.82, 2.24) is 0 Å². The molecule has 3 aromatic carbocycles. The second kappa shape index (κ2) is 37.1. The van der Waals surface area contributed by atoms with Crippen LogP contribution in [-0.2, 0) is 6.61 Å². The molecule has 0 aliphatic heterocycles. The second-order valence-corrected chi connectivity index (χ2v) is 18.0. The molecule has 0 unspecified atom stereocenters. The predicted molar refractivity (Wildman–Crippen MR) is 269 cm³/mol. The van der Waals surface area contributed by atoms with Crippen LogP contribution in [0.2, 0.25) is 0 Å². The van der Waals surface area contributed by atoms with Gasteiger partial charge >= 0.3 is 5.97 Å². The Kier molecular flexibility index (Phi) is 31.5. The van der Waals surface area contributed by atoms with Crippen LogP contribution in [0.1, 0.15) is 240 Å². The standard InChI is InChI=1S/C58H88O6/c1-4-7-10-13-16-19-22-25-28-31-44-61-55-47-52(49-64-54-42-38-51(39-43-54)35-34-50-36-40-53(41-37-50)58(59)60)48-56(62-45-32-29-26-23-20-17-14-11-8-5-2)57(55)63-46-33-30-27-24-21-18-15-12-9-6-3/h36-43,47-48H,4-33,44-46,49H2,1-3H3,(H,59,60). The molecule has 0 radical (unpaired) electrons. The summed E-state index contributed by atoms with van der Waals surface area (Å²) in [6.45, 7) is 9.16. The third kappa shape index (κ3) is 26.0. The number of carbonyl (C=O) groups is 1. The Labute approximate surface area is 391 Å². The Hall–Kier alpha value is -4.11. The fraction of sp³-hybridized carbons (Fsp3) is 0.638. The van der Waals surface area contributed by atoms with Gasteiger partial charge in [0.15, 0.2) is 11.5 Å². The van der Waals surface area contributed by atoms with E-state index in [1.54, 1.807) is 24.3 Å². The summed E-state index contributed by atoms with van der Waals surface area (Å²) in [7, 11) is 0. The number of carboxylic acids is 1. The summed E-state index contributed by atoms with van der Waals surface area (Å²) in [5, 5.41) is 9.18. The van der Waals surface area contributed by atoms with Gasteiger partial charge in [-0.1, -0.05) is 206 Å². The lowest BCUT2D eigenvalue weighted by atomic mass is 10.1. The first-order chi connectivity index (χ1) is 31.5. The van der Waals surface area contributed by atoms with Gasteiger partial charge in [-0.3, -0.25) is 0 Å². The van der Waals surface area contributed by atoms with Crippen LogP contribution in [0.4, 0.5) is 0 Å². The summed E-state index contributed by atoms with van der Waals surface area (Å²) >= 11 is 0. The van der Waals surface area contributed by atoms with E-state index in [2.05, 4.69) is 44.7 Å². The van der Waals surface area contributed by atoms with Crippen molar-refractivity contribution in [3.05, 3.63) is 82.9 Å². The molecule has 1 N–H and O–H groups in total. The molecular weight excluding hydrogens is 793 g/mol. The van der Waals surface area contributed by atoms with Crippen LogP contribution in [0.15, 0.2) is 60.7 Å². The number of hydrogen-bond acceptors (Lipinski definition) is 5. The first kappa shape index (κ1) is 54.2. The lowest BCUT2D eigenvalue weighted by molar-refractivity contribution is 0.0697. The molecule has 64 heavy (non-hydrogen) atoms. The molecule has 356 valence electrons. The van der Waals surface area contributed by atoms with Crippen molar-refractivity contribution in [3.8, 4) is 34.8 Å². The van der Waals surface area contributed by atoms with E-state index in [9.17, 15) is 9.90 Å². The summed E-state index contributed by atoms with van der Waals surface area (Å²) in [6, 6.07) is 18.5. The maximum Gasteiger partial charge on any atom is 0.335 e. The quantitative estimate of drug-likeness (QED) is 0.0453. The maximum atomic E-state index is 11.2. The molecule has 0 atom stereocenters. The largest absolute Gasteiger partial charge is 0.490 e. The van der Waals surface area contributed by atoms with Gasteiger partial charge in [-0.2, -0.15) is 0 Å². The lowest BCUT2D eigenvalue weighted by Crippen LogP contribution is -2.08. The molecule has 0 fully saturated rings. The van der Waals surface area contributed by atoms with Crippen molar-refractivity contribution in [3.63, 3.8) is 0 Å². The number of unbranched alkanes of at least 4 members (excludes halogenated alkanes) is 27. The molecule has 0 bridgehead atoms. The number of ether oxygens (including phenoxy) is 4. The van der Waals surface area contributed by atoms with E-state index < -0.39 is 5.97 Å². The highest BCUT2D eigenvalue weighted by molar-refractivity contribution is 5.87. The van der Waals surface area contributed by atoms with Crippen LogP contribution in [0.3, 0.4) is 0 Å². The van der Waals surface area contributed by atoms with Gasteiger partial charge in [0, 0.05) is 11.1 Å². The zero-order valence-electron chi connectivity index (χ0n) is 40.8. The molecule has 0 saturated carbocycles. The highest BCUT2D eigenvalue weighted by Gasteiger charge is 2.17. The summed E-state index contributed by atoms with van der Waals surface area (Å²) in [5.74, 6) is 8.34. The van der Waals surface area contributed by atoms with Crippen molar-refractivity contribution in [2.45, 2.75) is 220 Å².